The van der Waals surface area contributed by atoms with Gasteiger partial charge in [0.15, 0.2) is 0 Å². The third kappa shape index (κ3) is 4.53. The Morgan fingerprint density at radius 1 is 0.812 bits per heavy atom. The van der Waals surface area contributed by atoms with Crippen molar-refractivity contribution in [1.29, 1.82) is 0 Å². The first-order valence-electron chi connectivity index (χ1n) is 4.92. The van der Waals surface area contributed by atoms with Gasteiger partial charge in [0.05, 0.1) is 0 Å². The van der Waals surface area contributed by atoms with Gasteiger partial charge in [0.1, 0.15) is 6.61 Å². The Hall–Kier alpha value is -1.93. The molecule has 0 fully saturated rings. The first-order chi connectivity index (χ1) is 7.86. The van der Waals surface area contributed by atoms with Gasteiger partial charge >= 0.3 is 0 Å². The Morgan fingerprint density at radius 3 is 1.62 bits per heavy atom. The summed E-state index contributed by atoms with van der Waals surface area (Å²) in [5, 5.41) is 10.1. The maximum Gasteiger partial charge on any atom is 0.233 e. The first kappa shape index (κ1) is 12.1. The van der Waals surface area contributed by atoms with Gasteiger partial charge in [-0.2, -0.15) is 0 Å². The summed E-state index contributed by atoms with van der Waals surface area (Å²) in [5.74, 6) is 0. The molecule has 2 nitrogen and oxygen atoms in total. The van der Waals surface area contributed by atoms with Crippen LogP contribution in [0.25, 0.3) is 0 Å². The second kappa shape index (κ2) is 7.37. The lowest BCUT2D eigenvalue weighted by molar-refractivity contribution is 0.177. The van der Waals surface area contributed by atoms with E-state index >= 15 is 0 Å². The molecule has 2 heteroatoms. The van der Waals surface area contributed by atoms with Gasteiger partial charge in [-0.3, -0.25) is 4.79 Å². The Balaban J connectivity index is 0.000000160. The molecule has 2 radical (unpaired) electrons. The van der Waals surface area contributed by atoms with Crippen LogP contribution < -0.4 is 0 Å². The molecule has 0 aliphatic heterocycles. The van der Waals surface area contributed by atoms with Crippen molar-refractivity contribution in [2.45, 2.75) is 6.61 Å². The summed E-state index contributed by atoms with van der Waals surface area (Å²) in [7, 11) is 0. The summed E-state index contributed by atoms with van der Waals surface area (Å²) in [4.78, 5) is 9.88. The van der Waals surface area contributed by atoms with Crippen LogP contribution in [0.4, 0.5) is 0 Å². The van der Waals surface area contributed by atoms with Crippen molar-refractivity contribution >= 4 is 6.29 Å². The molecule has 0 N–H and O–H groups in total. The van der Waals surface area contributed by atoms with Crippen molar-refractivity contribution in [2.75, 3.05) is 0 Å². The van der Waals surface area contributed by atoms with Gasteiger partial charge < -0.3 is 0 Å². The summed E-state index contributed by atoms with van der Waals surface area (Å²) in [6.45, 7) is -0.110. The molecule has 2 aromatic carbocycles. The molecule has 0 atom stereocenters. The lowest BCUT2D eigenvalue weighted by Gasteiger charge is -1.87. The van der Waals surface area contributed by atoms with E-state index < -0.39 is 0 Å². The van der Waals surface area contributed by atoms with E-state index in [1.807, 2.05) is 36.4 Å². The number of rotatable bonds is 2. The highest BCUT2D eigenvalue weighted by atomic mass is 16.3. The minimum Gasteiger partial charge on any atom is -0.285 e. The summed E-state index contributed by atoms with van der Waals surface area (Å²) in [5.41, 5.74) is 1.46. The zero-order valence-corrected chi connectivity index (χ0v) is 8.80. The number of carbonyl (C=O) groups excluding carboxylic acids is 1. The molecule has 0 amide bonds. The average molecular weight is 212 g/mol. The fourth-order valence-electron chi connectivity index (χ4n) is 1.08. The fourth-order valence-corrected chi connectivity index (χ4v) is 1.08. The highest BCUT2D eigenvalue weighted by Crippen LogP contribution is 1.95. The maximum atomic E-state index is 10.1. The molecule has 0 aromatic heterocycles. The molecule has 16 heavy (non-hydrogen) atoms. The molecular weight excluding hydrogens is 200 g/mol. The second-order valence-corrected chi connectivity index (χ2v) is 3.10. The van der Waals surface area contributed by atoms with Crippen LogP contribution in [-0.4, -0.2) is 6.29 Å². The van der Waals surface area contributed by atoms with Crippen LogP contribution in [0.1, 0.15) is 11.1 Å². The molecule has 2 aromatic rings. The van der Waals surface area contributed by atoms with Crippen LogP contribution in [-0.2, 0) is 16.5 Å². The van der Waals surface area contributed by atoms with Gasteiger partial charge in [-0.1, -0.05) is 60.7 Å². The van der Waals surface area contributed by atoms with E-state index in [4.69, 9.17) is 0 Å². The van der Waals surface area contributed by atoms with E-state index in [-0.39, 0.29) is 6.61 Å². The van der Waals surface area contributed by atoms with Crippen molar-refractivity contribution in [2.24, 2.45) is 0 Å². The Labute approximate surface area is 95.2 Å². The predicted molar refractivity (Wildman–Crippen MR) is 62.1 cm³/mol. The van der Waals surface area contributed by atoms with E-state index in [0.717, 1.165) is 5.56 Å². The van der Waals surface area contributed by atoms with Crippen molar-refractivity contribution in [3.8, 4) is 0 Å². The van der Waals surface area contributed by atoms with Crippen LogP contribution in [0.5, 0.6) is 0 Å². The molecule has 0 saturated heterocycles. The van der Waals surface area contributed by atoms with Crippen LogP contribution in [0.3, 0.4) is 0 Å². The van der Waals surface area contributed by atoms with E-state index in [9.17, 15) is 9.90 Å². The van der Waals surface area contributed by atoms with Gasteiger partial charge in [-0.05, 0) is 5.56 Å². The Morgan fingerprint density at radius 2 is 1.31 bits per heavy atom. The van der Waals surface area contributed by atoms with Crippen molar-refractivity contribution in [1.82, 2.24) is 0 Å². The molecular formula is C14H12O2. The summed E-state index contributed by atoms with van der Waals surface area (Å²) in [6, 6.07) is 18.2. The lowest BCUT2D eigenvalue weighted by atomic mass is 10.2. The molecule has 0 unspecified atom stereocenters. The van der Waals surface area contributed by atoms with E-state index in [1.54, 1.807) is 30.6 Å². The third-order valence-corrected chi connectivity index (χ3v) is 1.90. The van der Waals surface area contributed by atoms with Crippen LogP contribution in [0, 0.1) is 0 Å². The van der Waals surface area contributed by atoms with Crippen LogP contribution >= 0.6 is 0 Å². The van der Waals surface area contributed by atoms with Crippen LogP contribution in [0.15, 0.2) is 60.7 Å². The lowest BCUT2D eigenvalue weighted by Crippen LogP contribution is -1.75. The topological polar surface area (TPSA) is 37.0 Å². The summed E-state index contributed by atoms with van der Waals surface area (Å²) < 4.78 is 0. The van der Waals surface area contributed by atoms with Gasteiger partial charge in [0.2, 0.25) is 6.29 Å². The zero-order chi connectivity index (χ0) is 11.6. The van der Waals surface area contributed by atoms with Crippen molar-refractivity contribution in [3.05, 3.63) is 71.8 Å². The monoisotopic (exact) mass is 212 g/mol. The highest BCUT2D eigenvalue weighted by Gasteiger charge is 1.83. The van der Waals surface area contributed by atoms with Gasteiger partial charge in [-0.15, -0.1) is 0 Å². The zero-order valence-electron chi connectivity index (χ0n) is 8.80. The van der Waals surface area contributed by atoms with Gasteiger partial charge in [0, 0.05) is 5.56 Å². The molecule has 2 rings (SSSR count). The normalized spacial score (nSPS) is 8.81. The molecule has 80 valence electrons. The molecule has 0 aliphatic carbocycles. The standard InChI is InChI=1S/C7H7O.C7H5O/c2*8-6-7-4-2-1-3-5-7/h1-5H,6H2;1-5H. The number of hydrogen-bond donors (Lipinski definition) is 0. The second-order valence-electron chi connectivity index (χ2n) is 3.10. The summed E-state index contributed by atoms with van der Waals surface area (Å²) >= 11 is 0. The molecule has 0 bridgehead atoms. The molecule has 0 saturated carbocycles. The van der Waals surface area contributed by atoms with Crippen LogP contribution in [0.2, 0.25) is 0 Å². The maximum absolute atomic E-state index is 10.1. The van der Waals surface area contributed by atoms with Crippen molar-refractivity contribution in [3.63, 3.8) is 0 Å². The minimum atomic E-state index is -0.110. The molecule has 0 aliphatic rings. The van der Waals surface area contributed by atoms with Gasteiger partial charge in [0.25, 0.3) is 0 Å². The number of hydrogen-bond acceptors (Lipinski definition) is 1. The third-order valence-electron chi connectivity index (χ3n) is 1.90. The number of benzene rings is 2. The SMILES string of the molecule is O=[C]c1ccccc1.[O]Cc1ccccc1. The summed E-state index contributed by atoms with van der Waals surface area (Å²) in [6.07, 6.45) is 1.78. The van der Waals surface area contributed by atoms with E-state index in [0.29, 0.717) is 5.56 Å². The fraction of sp³-hybridized carbons (Fsp3) is 0.0714. The Bertz CT molecular complexity index is 396. The predicted octanol–water partition coefficient (Wildman–Crippen LogP) is 2.76. The van der Waals surface area contributed by atoms with Crippen molar-refractivity contribution < 1.29 is 9.90 Å². The van der Waals surface area contributed by atoms with E-state index in [2.05, 4.69) is 0 Å². The van der Waals surface area contributed by atoms with E-state index in [1.165, 1.54) is 0 Å². The molecule has 0 heterocycles. The quantitative estimate of drug-likeness (QED) is 0.754. The van der Waals surface area contributed by atoms with Gasteiger partial charge in [-0.25, -0.2) is 5.11 Å². The smallest absolute Gasteiger partial charge is 0.233 e. The first-order valence-corrected chi connectivity index (χ1v) is 4.92. The average Bonchev–Trinajstić information content (AvgIpc) is 2.41. The Kier molecular flexibility index (Phi) is 5.59. The largest absolute Gasteiger partial charge is 0.285 e. The highest BCUT2D eigenvalue weighted by molar-refractivity contribution is 5.74. The minimum absolute atomic E-state index is 0.110. The molecule has 0 spiro atoms.